The van der Waals surface area contributed by atoms with Gasteiger partial charge in [-0.2, -0.15) is 13.2 Å². The Balaban J connectivity index is 3.62. The van der Waals surface area contributed by atoms with Crippen LogP contribution >= 0.6 is 27.5 Å². The van der Waals surface area contributed by atoms with Crippen LogP contribution in [0.3, 0.4) is 0 Å². The van der Waals surface area contributed by atoms with E-state index in [1.807, 2.05) is 0 Å². The van der Waals surface area contributed by atoms with Gasteiger partial charge in [-0.1, -0.05) is 15.9 Å². The number of ether oxygens (including phenoxy) is 1. The monoisotopic (exact) mass is 385 g/mol. The first-order valence-electron chi connectivity index (χ1n) is 4.58. The second-order valence-corrected chi connectivity index (χ2v) is 4.19. The Morgan fingerprint density at radius 3 is 2.20 bits per heavy atom. The van der Waals surface area contributed by atoms with Gasteiger partial charge >= 0.3 is 12.5 Å². The van der Waals surface area contributed by atoms with Crippen molar-refractivity contribution in [2.75, 3.05) is 0 Å². The molecule has 0 amide bonds. The van der Waals surface area contributed by atoms with Gasteiger partial charge in [0.1, 0.15) is 11.3 Å². The normalized spacial score (nSPS) is 12.4. The fourth-order valence-electron chi connectivity index (χ4n) is 1.26. The molecule has 0 fully saturated rings. The van der Waals surface area contributed by atoms with Crippen molar-refractivity contribution >= 4 is 32.8 Å². The third-order valence-electron chi connectivity index (χ3n) is 1.93. The van der Waals surface area contributed by atoms with Crippen molar-refractivity contribution in [1.29, 1.82) is 0 Å². The largest absolute Gasteiger partial charge is 0.573 e. The summed E-state index contributed by atoms with van der Waals surface area (Å²) in [7, 11) is 0. The molecule has 0 aliphatic carbocycles. The minimum Gasteiger partial charge on any atom is -0.404 e. The molecule has 0 aliphatic heterocycles. The van der Waals surface area contributed by atoms with E-state index in [1.54, 1.807) is 0 Å². The molecule has 0 saturated carbocycles. The van der Waals surface area contributed by atoms with Crippen molar-refractivity contribution in [1.82, 2.24) is 4.98 Å². The number of carbonyl (C=O) groups excluding carboxylic acids is 1. The van der Waals surface area contributed by atoms with Crippen molar-refractivity contribution in [3.05, 3.63) is 23.0 Å². The molecular formula is C9H3BrClF6NO2. The number of hydrogen-bond acceptors (Lipinski definition) is 3. The van der Waals surface area contributed by atoms with Crippen LogP contribution in [-0.4, -0.2) is 16.6 Å². The predicted molar refractivity (Wildman–Crippen MR) is 58.7 cm³/mol. The summed E-state index contributed by atoms with van der Waals surface area (Å²) >= 11 is 7.69. The van der Waals surface area contributed by atoms with E-state index in [1.165, 1.54) is 0 Å². The fraction of sp³-hybridized carbons (Fsp3) is 0.333. The highest BCUT2D eigenvalue weighted by Crippen LogP contribution is 2.39. The molecule has 0 radical (unpaired) electrons. The molecule has 0 saturated heterocycles. The van der Waals surface area contributed by atoms with E-state index < -0.39 is 40.4 Å². The molecule has 20 heavy (non-hydrogen) atoms. The lowest BCUT2D eigenvalue weighted by atomic mass is 10.1. The first-order valence-corrected chi connectivity index (χ1v) is 6.08. The average molecular weight is 386 g/mol. The van der Waals surface area contributed by atoms with Gasteiger partial charge in [0, 0.05) is 17.1 Å². The van der Waals surface area contributed by atoms with E-state index in [4.69, 9.17) is 11.6 Å². The van der Waals surface area contributed by atoms with Gasteiger partial charge in [-0.05, 0) is 11.6 Å². The first kappa shape index (κ1) is 17.0. The lowest BCUT2D eigenvalue weighted by Crippen LogP contribution is -2.22. The molecule has 112 valence electrons. The Kier molecular flexibility index (Phi) is 4.90. The number of halogens is 8. The molecule has 11 heteroatoms. The van der Waals surface area contributed by atoms with Crippen molar-refractivity contribution in [2.24, 2.45) is 0 Å². The van der Waals surface area contributed by atoms with E-state index in [2.05, 4.69) is 25.7 Å². The summed E-state index contributed by atoms with van der Waals surface area (Å²) in [6.07, 6.45) is -9.93. The molecule has 0 unspecified atom stereocenters. The van der Waals surface area contributed by atoms with Crippen LogP contribution in [0, 0.1) is 0 Å². The van der Waals surface area contributed by atoms with Gasteiger partial charge in [0.25, 0.3) is 5.24 Å². The highest BCUT2D eigenvalue weighted by Gasteiger charge is 2.42. The Morgan fingerprint density at radius 2 is 1.85 bits per heavy atom. The summed E-state index contributed by atoms with van der Waals surface area (Å²) in [6, 6.07) is 0. The van der Waals surface area contributed by atoms with Crippen LogP contribution in [0.1, 0.15) is 21.6 Å². The van der Waals surface area contributed by atoms with Crippen molar-refractivity contribution < 1.29 is 35.9 Å². The number of alkyl halides is 7. The molecule has 0 aromatic carbocycles. The zero-order valence-corrected chi connectivity index (χ0v) is 11.4. The second-order valence-electron chi connectivity index (χ2n) is 3.29. The molecule has 3 nitrogen and oxygen atoms in total. The summed E-state index contributed by atoms with van der Waals surface area (Å²) < 4.78 is 78.1. The molecule has 1 aromatic rings. The molecule has 0 aliphatic rings. The van der Waals surface area contributed by atoms with Crippen LogP contribution < -0.4 is 4.74 Å². The molecule has 1 heterocycles. The van der Waals surface area contributed by atoms with Crippen LogP contribution in [-0.2, 0) is 11.5 Å². The minimum absolute atomic E-state index is 0.319. The Morgan fingerprint density at radius 1 is 1.30 bits per heavy atom. The van der Waals surface area contributed by atoms with E-state index in [0.717, 1.165) is 0 Å². The van der Waals surface area contributed by atoms with Gasteiger partial charge in [0.2, 0.25) is 0 Å². The lowest BCUT2D eigenvalue weighted by molar-refractivity contribution is -0.275. The molecule has 0 bridgehead atoms. The van der Waals surface area contributed by atoms with Gasteiger partial charge in [-0.3, -0.25) is 9.78 Å². The van der Waals surface area contributed by atoms with Crippen molar-refractivity contribution in [3.63, 3.8) is 0 Å². The predicted octanol–water partition coefficient (Wildman–Crippen LogP) is 4.27. The number of hydrogen-bond donors (Lipinski definition) is 0. The zero-order chi connectivity index (χ0) is 15.7. The number of aromatic nitrogens is 1. The Labute approximate surface area is 121 Å². The Bertz CT molecular complexity index is 530. The highest BCUT2D eigenvalue weighted by molar-refractivity contribution is 9.08. The van der Waals surface area contributed by atoms with Gasteiger partial charge < -0.3 is 4.74 Å². The average Bonchev–Trinajstić information content (AvgIpc) is 2.24. The molecule has 1 aromatic heterocycles. The maximum Gasteiger partial charge on any atom is 0.573 e. The second kappa shape index (κ2) is 5.76. The van der Waals surface area contributed by atoms with Gasteiger partial charge in [0.15, 0.2) is 5.69 Å². The van der Waals surface area contributed by atoms with Gasteiger partial charge in [-0.15, -0.1) is 13.2 Å². The van der Waals surface area contributed by atoms with Gasteiger partial charge in [-0.25, -0.2) is 0 Å². The van der Waals surface area contributed by atoms with E-state index >= 15 is 0 Å². The SMILES string of the molecule is O=C(Cl)c1c(C(F)(F)F)ncc(CBr)c1OC(F)(F)F. The number of rotatable bonds is 3. The molecule has 1 rings (SSSR count). The van der Waals surface area contributed by atoms with Crippen LogP contribution in [0.25, 0.3) is 0 Å². The van der Waals surface area contributed by atoms with Crippen LogP contribution in [0.15, 0.2) is 6.20 Å². The van der Waals surface area contributed by atoms with Crippen LogP contribution in [0.2, 0.25) is 0 Å². The topological polar surface area (TPSA) is 39.2 Å². The maximum atomic E-state index is 12.6. The first-order chi connectivity index (χ1) is 8.97. The van der Waals surface area contributed by atoms with E-state index in [9.17, 15) is 31.1 Å². The summed E-state index contributed by atoms with van der Waals surface area (Å²) in [5.74, 6) is -1.32. The van der Waals surface area contributed by atoms with E-state index in [0.29, 0.717) is 6.20 Å². The van der Waals surface area contributed by atoms with Crippen LogP contribution in [0.4, 0.5) is 26.3 Å². The van der Waals surface area contributed by atoms with Crippen molar-refractivity contribution in [3.8, 4) is 5.75 Å². The number of nitrogens with zero attached hydrogens (tertiary/aromatic N) is 1. The lowest BCUT2D eigenvalue weighted by Gasteiger charge is -2.17. The van der Waals surface area contributed by atoms with E-state index in [-0.39, 0.29) is 5.33 Å². The summed E-state index contributed by atoms with van der Waals surface area (Å²) in [5.41, 5.74) is -3.73. The third kappa shape index (κ3) is 3.98. The standard InChI is InChI=1S/C9H3BrClF6NO2/c10-1-3-2-18-6(8(12,13)14)4(7(11)19)5(3)20-9(15,16)17/h2H,1H2. The van der Waals surface area contributed by atoms with Crippen LogP contribution in [0.5, 0.6) is 5.75 Å². The molecule has 0 atom stereocenters. The maximum absolute atomic E-state index is 12.6. The summed E-state index contributed by atoms with van der Waals surface area (Å²) in [4.78, 5) is 14.0. The minimum atomic E-state index is -5.29. The van der Waals surface area contributed by atoms with Crippen molar-refractivity contribution in [2.45, 2.75) is 17.9 Å². The molecule has 0 spiro atoms. The Hall–Kier alpha value is -1.03. The summed E-state index contributed by atoms with van der Waals surface area (Å²) in [5, 5.41) is -2.08. The smallest absolute Gasteiger partial charge is 0.404 e. The highest BCUT2D eigenvalue weighted by atomic mass is 79.9. The quantitative estimate of drug-likeness (QED) is 0.442. The van der Waals surface area contributed by atoms with Gasteiger partial charge in [0.05, 0.1) is 0 Å². The molecular weight excluding hydrogens is 383 g/mol. The zero-order valence-electron chi connectivity index (χ0n) is 9.07. The number of carbonyl (C=O) groups is 1. The molecule has 0 N–H and O–H groups in total. The fourth-order valence-corrected chi connectivity index (χ4v) is 1.83. The summed E-state index contributed by atoms with van der Waals surface area (Å²) in [6.45, 7) is 0. The number of pyridine rings is 1. The third-order valence-corrected chi connectivity index (χ3v) is 2.72.